The first kappa shape index (κ1) is 27.6. The molecule has 1 rings (SSSR count). The van der Waals surface area contributed by atoms with Gasteiger partial charge in [-0.05, 0) is 43.6 Å². The minimum atomic E-state index is -1.23. The van der Waals surface area contributed by atoms with Gasteiger partial charge in [0.1, 0.15) is 5.60 Å². The van der Waals surface area contributed by atoms with Gasteiger partial charge in [0.05, 0.1) is 17.1 Å². The van der Waals surface area contributed by atoms with Crippen molar-refractivity contribution in [3.63, 3.8) is 0 Å². The Labute approximate surface area is 191 Å². The number of carbonyl (C=O) groups is 3. The highest BCUT2D eigenvalue weighted by Crippen LogP contribution is 2.43. The van der Waals surface area contributed by atoms with Crippen LogP contribution < -0.4 is 0 Å². The van der Waals surface area contributed by atoms with Crippen molar-refractivity contribution in [3.8, 4) is 0 Å². The Morgan fingerprint density at radius 1 is 1.10 bits per heavy atom. The molecule has 0 radical (unpaired) electrons. The first-order chi connectivity index (χ1) is 14.5. The first-order valence-corrected chi connectivity index (χ1v) is 11.9. The molecule has 0 saturated carbocycles. The Balaban J connectivity index is 2.83. The zero-order chi connectivity index (χ0) is 23.6. The van der Waals surface area contributed by atoms with Gasteiger partial charge in [0.15, 0.2) is 5.78 Å². The van der Waals surface area contributed by atoms with Crippen LogP contribution in [-0.2, 0) is 19.1 Å². The van der Waals surface area contributed by atoms with Gasteiger partial charge in [0, 0.05) is 13.3 Å². The summed E-state index contributed by atoms with van der Waals surface area (Å²) in [6, 6.07) is 0. The van der Waals surface area contributed by atoms with Crippen molar-refractivity contribution < 1.29 is 29.3 Å². The van der Waals surface area contributed by atoms with E-state index >= 15 is 0 Å². The van der Waals surface area contributed by atoms with E-state index in [4.69, 9.17) is 21.4 Å². The molecular weight excluding hydrogens is 420 g/mol. The second-order valence-electron chi connectivity index (χ2n) is 9.41. The first-order valence-electron chi connectivity index (χ1n) is 11.5. The number of aliphatic carboxylic acids is 1. The minimum Gasteiger partial charge on any atom is -0.481 e. The van der Waals surface area contributed by atoms with Gasteiger partial charge in [0.2, 0.25) is 0 Å². The number of rotatable bonds is 15. The van der Waals surface area contributed by atoms with Gasteiger partial charge in [-0.2, -0.15) is 0 Å². The lowest BCUT2D eigenvalue weighted by molar-refractivity contribution is -0.163. The van der Waals surface area contributed by atoms with E-state index in [1.165, 1.54) is 13.0 Å². The van der Waals surface area contributed by atoms with Crippen molar-refractivity contribution in [3.05, 3.63) is 11.1 Å². The number of hydrogen-bond acceptors (Lipinski definition) is 5. The molecule has 0 heterocycles. The summed E-state index contributed by atoms with van der Waals surface area (Å²) in [5.41, 5.74) is -1.23. The second kappa shape index (κ2) is 13.2. The topological polar surface area (TPSA) is 101 Å². The van der Waals surface area contributed by atoms with Crippen molar-refractivity contribution in [1.29, 1.82) is 0 Å². The zero-order valence-corrected chi connectivity index (χ0v) is 20.1. The van der Waals surface area contributed by atoms with Crippen LogP contribution in [0.4, 0.5) is 0 Å². The number of hydrogen-bond donors (Lipinski definition) is 2. The fraction of sp³-hybridized carbons (Fsp3) is 0.792. The number of ketones is 1. The van der Waals surface area contributed by atoms with Crippen molar-refractivity contribution >= 4 is 29.3 Å². The summed E-state index contributed by atoms with van der Waals surface area (Å²) >= 11 is 6.17. The highest BCUT2D eigenvalue weighted by atomic mass is 35.5. The lowest BCUT2D eigenvalue weighted by Gasteiger charge is -2.36. The maximum Gasteiger partial charge on any atom is 0.303 e. The van der Waals surface area contributed by atoms with Crippen LogP contribution in [0.5, 0.6) is 0 Å². The molecule has 0 aromatic heterocycles. The number of carboxylic acid groups (broad SMARTS) is 1. The van der Waals surface area contributed by atoms with Gasteiger partial charge in [-0.25, -0.2) is 0 Å². The lowest BCUT2D eigenvalue weighted by Crippen LogP contribution is -2.47. The van der Waals surface area contributed by atoms with Crippen molar-refractivity contribution in [2.75, 3.05) is 0 Å². The number of halogens is 1. The number of allylic oxidation sites excluding steroid dienone is 1. The largest absolute Gasteiger partial charge is 0.481 e. The third-order valence-electron chi connectivity index (χ3n) is 6.03. The van der Waals surface area contributed by atoms with Crippen LogP contribution in [0.2, 0.25) is 0 Å². The highest BCUT2D eigenvalue weighted by Gasteiger charge is 2.53. The fourth-order valence-corrected chi connectivity index (χ4v) is 4.65. The van der Waals surface area contributed by atoms with Gasteiger partial charge < -0.3 is 14.9 Å². The summed E-state index contributed by atoms with van der Waals surface area (Å²) in [6.45, 7) is 7.85. The van der Waals surface area contributed by atoms with Gasteiger partial charge in [-0.3, -0.25) is 14.4 Å². The number of Topliss-reactive ketones (excluding diaryl/α,β-unsaturated/α-hetero) is 1. The molecule has 4 unspecified atom stereocenters. The molecule has 0 fully saturated rings. The summed E-state index contributed by atoms with van der Waals surface area (Å²) in [7, 11) is 0. The van der Waals surface area contributed by atoms with Crippen molar-refractivity contribution in [2.24, 2.45) is 17.8 Å². The number of unbranched alkanes of at least 4 members (excludes halogenated alkanes) is 2. The predicted molar refractivity (Wildman–Crippen MR) is 121 cm³/mol. The molecule has 4 atom stereocenters. The molecule has 1 aliphatic rings. The van der Waals surface area contributed by atoms with Gasteiger partial charge >= 0.3 is 11.9 Å². The normalized spacial score (nSPS) is 23.0. The maximum atomic E-state index is 12.8. The van der Waals surface area contributed by atoms with Crippen LogP contribution >= 0.6 is 11.6 Å². The summed E-state index contributed by atoms with van der Waals surface area (Å²) in [4.78, 5) is 35.3. The molecule has 0 spiro atoms. The summed E-state index contributed by atoms with van der Waals surface area (Å²) in [5, 5.41) is 19.6. The quantitative estimate of drug-likeness (QED) is 0.257. The van der Waals surface area contributed by atoms with E-state index in [1.807, 2.05) is 0 Å². The average Bonchev–Trinajstić information content (AvgIpc) is 2.88. The molecule has 0 aliphatic heterocycles. The molecule has 0 aromatic rings. The summed E-state index contributed by atoms with van der Waals surface area (Å²) < 4.78 is 5.67. The number of esters is 1. The van der Waals surface area contributed by atoms with E-state index in [2.05, 4.69) is 20.8 Å². The van der Waals surface area contributed by atoms with Crippen LogP contribution in [0, 0.1) is 17.8 Å². The van der Waals surface area contributed by atoms with E-state index < -0.39 is 35.3 Å². The smallest absolute Gasteiger partial charge is 0.303 e. The van der Waals surface area contributed by atoms with Crippen LogP contribution in [0.25, 0.3) is 0 Å². The van der Waals surface area contributed by atoms with Gasteiger partial charge in [-0.15, -0.1) is 0 Å². The molecule has 0 saturated heterocycles. The van der Waals surface area contributed by atoms with Crippen LogP contribution in [-0.4, -0.2) is 39.6 Å². The molecule has 1 aliphatic carbocycles. The lowest BCUT2D eigenvalue weighted by atomic mass is 9.78. The number of aliphatic hydroxyl groups excluding tert-OH is 1. The minimum absolute atomic E-state index is 0.00337. The average molecular weight is 459 g/mol. The monoisotopic (exact) mass is 458 g/mol. The molecule has 2 N–H and O–H groups in total. The fourth-order valence-electron chi connectivity index (χ4n) is 4.35. The van der Waals surface area contributed by atoms with Crippen LogP contribution in [0.1, 0.15) is 91.9 Å². The number of aliphatic hydroxyl groups is 1. The van der Waals surface area contributed by atoms with Crippen molar-refractivity contribution in [1.82, 2.24) is 0 Å². The Morgan fingerprint density at radius 2 is 1.77 bits per heavy atom. The molecule has 0 aromatic carbocycles. The van der Waals surface area contributed by atoms with E-state index in [0.717, 1.165) is 25.7 Å². The molecule has 0 amide bonds. The van der Waals surface area contributed by atoms with Crippen LogP contribution in [0.3, 0.4) is 0 Å². The molecule has 31 heavy (non-hydrogen) atoms. The molecule has 0 bridgehead atoms. The van der Waals surface area contributed by atoms with E-state index in [-0.39, 0.29) is 11.5 Å². The predicted octanol–water partition coefficient (Wildman–Crippen LogP) is 5.25. The Kier molecular flexibility index (Phi) is 11.8. The third kappa shape index (κ3) is 9.32. The standard InChI is InChI=1S/C24H39ClO6/c1-16(2)9-8-10-17(3)13-14-24(31-18(4)26)15-19(25)23(30)22(24)20(27)11-6-5-7-12-21(28)29/h15-17,20,22,27H,5-14H2,1-4H3,(H,28,29). The van der Waals surface area contributed by atoms with E-state index in [9.17, 15) is 19.5 Å². The number of carboxylic acids is 1. The molecule has 178 valence electrons. The molecule has 7 heteroatoms. The van der Waals surface area contributed by atoms with Crippen molar-refractivity contribution in [2.45, 2.75) is 104 Å². The number of ether oxygens (including phenoxy) is 1. The SMILES string of the molecule is CC(=O)OC1(CCC(C)CCCC(C)C)C=C(Cl)C(=O)C1C(O)CCCCCC(=O)O. The number of carbonyl (C=O) groups excluding carboxylic acids is 2. The third-order valence-corrected chi connectivity index (χ3v) is 6.33. The van der Waals surface area contributed by atoms with Gasteiger partial charge in [-0.1, -0.05) is 64.5 Å². The Hall–Kier alpha value is -1.40. The second-order valence-corrected chi connectivity index (χ2v) is 9.82. The Bertz CT molecular complexity index is 644. The van der Waals surface area contributed by atoms with Crippen LogP contribution in [0.15, 0.2) is 11.1 Å². The highest BCUT2D eigenvalue weighted by molar-refractivity contribution is 6.44. The Morgan fingerprint density at radius 3 is 2.35 bits per heavy atom. The van der Waals surface area contributed by atoms with Gasteiger partial charge in [0.25, 0.3) is 0 Å². The summed E-state index contributed by atoms with van der Waals surface area (Å²) in [6.07, 6.45) is 7.15. The summed E-state index contributed by atoms with van der Waals surface area (Å²) in [5.74, 6) is -1.63. The zero-order valence-electron chi connectivity index (χ0n) is 19.4. The maximum absolute atomic E-state index is 12.8. The van der Waals surface area contributed by atoms with E-state index in [1.54, 1.807) is 0 Å². The molecular formula is C24H39ClO6. The van der Waals surface area contributed by atoms with E-state index in [0.29, 0.717) is 43.9 Å². The molecule has 6 nitrogen and oxygen atoms in total.